The van der Waals surface area contributed by atoms with Crippen molar-refractivity contribution in [1.29, 1.82) is 0 Å². The Balaban J connectivity index is 2.03. The molecule has 0 aromatic carbocycles. The molecule has 7 atom stereocenters. The van der Waals surface area contributed by atoms with Crippen LogP contribution in [0, 0.1) is 11.8 Å². The minimum Gasteiger partial charge on any atom is -0.452 e. The van der Waals surface area contributed by atoms with E-state index >= 15 is 0 Å². The van der Waals surface area contributed by atoms with Crippen LogP contribution in [0.1, 0.15) is 66.7 Å². The quantitative estimate of drug-likeness (QED) is 0.349. The fourth-order valence-electron chi connectivity index (χ4n) is 5.97. The number of nitrogens with one attached hydrogen (secondary N) is 1. The predicted molar refractivity (Wildman–Crippen MR) is 156 cm³/mol. The number of ether oxygens (including phenoxy) is 2. The third kappa shape index (κ3) is 7.84. The molecule has 0 radical (unpaired) electrons. The smallest absolute Gasteiger partial charge is 0.308 e. The molecule has 0 aliphatic carbocycles. The standard InChI is InChI=1S/C30H49N5O8/c1-9-18(4)25-30(41)33(7)24(17(2)3)29(40)32(6)19(5)26(37)31-13-12-23(36)43-22(15-20-16-42-20)28(39)35-14-10-11-21(35)27(38)34(25)8/h17-22,24-25H,9-16H2,1-8H3,(H,31,37)/t18-,19-,20-,21-,22+,24-,25-/m0/s1. The van der Waals surface area contributed by atoms with E-state index in [9.17, 15) is 28.8 Å². The number of nitrogens with zero attached hydrogens (tertiary/aromatic N) is 4. The second-order valence-electron chi connectivity index (χ2n) is 12.4. The molecule has 0 aromatic rings. The highest BCUT2D eigenvalue weighted by atomic mass is 16.6. The van der Waals surface area contributed by atoms with E-state index in [0.29, 0.717) is 32.4 Å². The van der Waals surface area contributed by atoms with Crippen LogP contribution in [0.5, 0.6) is 0 Å². The molecule has 3 fully saturated rings. The molecule has 0 unspecified atom stereocenters. The summed E-state index contributed by atoms with van der Waals surface area (Å²) in [6.07, 6.45) is 0.222. The monoisotopic (exact) mass is 607 g/mol. The van der Waals surface area contributed by atoms with Crippen LogP contribution in [-0.2, 0) is 38.2 Å². The lowest BCUT2D eigenvalue weighted by Crippen LogP contribution is -2.61. The molecule has 0 aromatic heterocycles. The van der Waals surface area contributed by atoms with Crippen molar-refractivity contribution < 1.29 is 38.2 Å². The average molecular weight is 608 g/mol. The minimum absolute atomic E-state index is 0.0525. The fourth-order valence-corrected chi connectivity index (χ4v) is 5.97. The van der Waals surface area contributed by atoms with Gasteiger partial charge in [-0.25, -0.2) is 0 Å². The maximum atomic E-state index is 14.2. The molecule has 3 heterocycles. The Morgan fingerprint density at radius 1 is 0.884 bits per heavy atom. The predicted octanol–water partition coefficient (Wildman–Crippen LogP) is 0.401. The summed E-state index contributed by atoms with van der Waals surface area (Å²) in [6.45, 7) is 9.74. The Hall–Kier alpha value is -3.22. The number of hydrogen-bond donors (Lipinski definition) is 1. The van der Waals surface area contributed by atoms with E-state index in [1.54, 1.807) is 21.0 Å². The summed E-state index contributed by atoms with van der Waals surface area (Å²) in [6, 6.07) is -3.50. The molecule has 0 spiro atoms. The molecule has 43 heavy (non-hydrogen) atoms. The van der Waals surface area contributed by atoms with Crippen LogP contribution in [0.15, 0.2) is 0 Å². The zero-order valence-electron chi connectivity index (χ0n) is 26.8. The van der Waals surface area contributed by atoms with E-state index in [-0.39, 0.29) is 43.2 Å². The summed E-state index contributed by atoms with van der Waals surface area (Å²) in [5.74, 6) is -3.35. The molecule has 0 bridgehead atoms. The Kier molecular flexibility index (Phi) is 11.6. The lowest BCUT2D eigenvalue weighted by atomic mass is 9.93. The molecule has 3 saturated heterocycles. The molecule has 242 valence electrons. The molecule has 3 aliphatic heterocycles. The van der Waals surface area contributed by atoms with Gasteiger partial charge in [0.05, 0.1) is 19.1 Å². The molecule has 3 aliphatic rings. The maximum Gasteiger partial charge on any atom is 0.308 e. The van der Waals surface area contributed by atoms with Gasteiger partial charge in [0.2, 0.25) is 23.6 Å². The van der Waals surface area contributed by atoms with Crippen molar-refractivity contribution in [2.24, 2.45) is 11.8 Å². The second-order valence-corrected chi connectivity index (χ2v) is 12.4. The molecule has 5 amide bonds. The topological polar surface area (TPSA) is 149 Å². The van der Waals surface area contributed by atoms with Gasteiger partial charge in [0.1, 0.15) is 24.2 Å². The van der Waals surface area contributed by atoms with Crippen molar-refractivity contribution in [2.75, 3.05) is 40.8 Å². The number of amides is 5. The number of carbonyl (C=O) groups excluding carboxylic acids is 6. The highest BCUT2D eigenvalue weighted by molar-refractivity contribution is 5.96. The summed E-state index contributed by atoms with van der Waals surface area (Å²) < 4.78 is 10.9. The third-order valence-electron chi connectivity index (χ3n) is 9.04. The molecular formula is C30H49N5O8. The van der Waals surface area contributed by atoms with Crippen molar-refractivity contribution in [3.8, 4) is 0 Å². The summed E-state index contributed by atoms with van der Waals surface area (Å²) in [7, 11) is 4.62. The molecule has 3 rings (SSSR count). The van der Waals surface area contributed by atoms with E-state index < -0.39 is 59.9 Å². The molecule has 13 heteroatoms. The SMILES string of the molecule is CC[C@H](C)[C@H]1C(=O)N(C)[C@@H](C(C)C)C(=O)N(C)[C@@H](C)C(=O)NCCC(=O)O[C@H](C[C@H]2CO2)C(=O)N2CCC[C@H]2C(=O)N1C. The van der Waals surface area contributed by atoms with Crippen molar-refractivity contribution in [1.82, 2.24) is 24.9 Å². The van der Waals surface area contributed by atoms with Gasteiger partial charge in [0, 0.05) is 40.7 Å². The van der Waals surface area contributed by atoms with Gasteiger partial charge in [-0.1, -0.05) is 34.1 Å². The Bertz CT molecular complexity index is 1080. The number of fused-ring (bicyclic) bond motifs is 1. The average Bonchev–Trinajstić information content (AvgIpc) is 3.65. The van der Waals surface area contributed by atoms with E-state index in [0.717, 1.165) is 0 Å². The van der Waals surface area contributed by atoms with Gasteiger partial charge < -0.3 is 34.4 Å². The van der Waals surface area contributed by atoms with Gasteiger partial charge in [0.25, 0.3) is 5.91 Å². The zero-order valence-corrected chi connectivity index (χ0v) is 26.8. The first kappa shape index (κ1) is 34.3. The number of cyclic esters (lactones) is 1. The van der Waals surface area contributed by atoms with Gasteiger partial charge in [-0.3, -0.25) is 28.8 Å². The Morgan fingerprint density at radius 2 is 1.49 bits per heavy atom. The number of likely N-dealkylation sites (N-methyl/N-ethyl adjacent to an activating group) is 3. The lowest BCUT2D eigenvalue weighted by molar-refractivity contribution is -0.163. The van der Waals surface area contributed by atoms with Crippen LogP contribution in [0.4, 0.5) is 0 Å². The molecule has 0 saturated carbocycles. The van der Waals surface area contributed by atoms with Crippen LogP contribution in [0.3, 0.4) is 0 Å². The van der Waals surface area contributed by atoms with E-state index in [1.165, 1.54) is 26.6 Å². The van der Waals surface area contributed by atoms with Gasteiger partial charge in [-0.05, 0) is 31.6 Å². The first-order chi connectivity index (χ1) is 20.2. The van der Waals surface area contributed by atoms with E-state index in [1.807, 2.05) is 27.7 Å². The number of hydrogen-bond acceptors (Lipinski definition) is 8. The van der Waals surface area contributed by atoms with Crippen molar-refractivity contribution in [3.05, 3.63) is 0 Å². The lowest BCUT2D eigenvalue weighted by Gasteiger charge is -2.40. The Labute approximate surface area is 254 Å². The normalized spacial score (nSPS) is 31.4. The third-order valence-corrected chi connectivity index (χ3v) is 9.04. The summed E-state index contributed by atoms with van der Waals surface area (Å²) in [5, 5.41) is 2.66. The van der Waals surface area contributed by atoms with E-state index in [4.69, 9.17) is 9.47 Å². The summed E-state index contributed by atoms with van der Waals surface area (Å²) in [4.78, 5) is 86.9. The Morgan fingerprint density at radius 3 is 2.07 bits per heavy atom. The van der Waals surface area contributed by atoms with Crippen molar-refractivity contribution in [2.45, 2.75) is 103 Å². The minimum atomic E-state index is -1.14. The zero-order chi connectivity index (χ0) is 32.2. The maximum absolute atomic E-state index is 14.2. The van der Waals surface area contributed by atoms with E-state index in [2.05, 4.69) is 5.32 Å². The number of esters is 1. The van der Waals surface area contributed by atoms with Crippen LogP contribution in [0.2, 0.25) is 0 Å². The van der Waals surface area contributed by atoms with Crippen molar-refractivity contribution >= 4 is 35.5 Å². The molecular weight excluding hydrogens is 558 g/mol. The highest BCUT2D eigenvalue weighted by Gasteiger charge is 2.45. The molecule has 1 N–H and O–H groups in total. The second kappa shape index (κ2) is 14.5. The first-order valence-corrected chi connectivity index (χ1v) is 15.4. The van der Waals surface area contributed by atoms with Gasteiger partial charge in [0.15, 0.2) is 6.10 Å². The van der Waals surface area contributed by atoms with Crippen LogP contribution >= 0.6 is 0 Å². The van der Waals surface area contributed by atoms with Crippen LogP contribution in [-0.4, -0.2) is 132 Å². The highest BCUT2D eigenvalue weighted by Crippen LogP contribution is 2.27. The van der Waals surface area contributed by atoms with Crippen LogP contribution < -0.4 is 5.32 Å². The summed E-state index contributed by atoms with van der Waals surface area (Å²) >= 11 is 0. The van der Waals surface area contributed by atoms with Gasteiger partial charge in [-0.2, -0.15) is 0 Å². The largest absolute Gasteiger partial charge is 0.452 e. The van der Waals surface area contributed by atoms with Crippen molar-refractivity contribution in [3.63, 3.8) is 0 Å². The summed E-state index contributed by atoms with van der Waals surface area (Å²) in [5.41, 5.74) is 0. The fraction of sp³-hybridized carbons (Fsp3) is 0.800. The number of carbonyl (C=O) groups is 6. The first-order valence-electron chi connectivity index (χ1n) is 15.4. The van der Waals surface area contributed by atoms with Crippen LogP contribution in [0.25, 0.3) is 0 Å². The molecule has 13 nitrogen and oxygen atoms in total. The number of epoxide rings is 1. The van der Waals surface area contributed by atoms with Gasteiger partial charge in [-0.15, -0.1) is 0 Å². The number of rotatable bonds is 5. The van der Waals surface area contributed by atoms with Gasteiger partial charge >= 0.3 is 5.97 Å².